The van der Waals surface area contributed by atoms with E-state index >= 15 is 0 Å². The Morgan fingerprint density at radius 2 is 1.19 bits per heavy atom. The molecule has 6 heteroatoms. The SMILES string of the molecule is COc1cc(C2OC[C@@H]3[C@@H](c4ccc(O)c(OC)c4)OC[C@H]23)ccc1O. The van der Waals surface area contributed by atoms with E-state index in [-0.39, 0.29) is 35.5 Å². The van der Waals surface area contributed by atoms with Gasteiger partial charge in [-0.15, -0.1) is 0 Å². The minimum atomic E-state index is -0.0986. The molecule has 4 rings (SSSR count). The van der Waals surface area contributed by atoms with E-state index in [0.717, 1.165) is 11.1 Å². The Morgan fingerprint density at radius 3 is 1.58 bits per heavy atom. The number of fused-ring (bicyclic) bond motifs is 1. The highest BCUT2D eigenvalue weighted by Gasteiger charge is 2.48. The summed E-state index contributed by atoms with van der Waals surface area (Å²) >= 11 is 0. The molecule has 0 bridgehead atoms. The maximum absolute atomic E-state index is 9.80. The smallest absolute Gasteiger partial charge is 0.160 e. The number of rotatable bonds is 4. The van der Waals surface area contributed by atoms with Crippen molar-refractivity contribution in [3.05, 3.63) is 47.5 Å². The van der Waals surface area contributed by atoms with Gasteiger partial charge in [-0.1, -0.05) is 12.1 Å². The number of phenolic OH excluding ortho intramolecular Hbond substituents is 2. The maximum Gasteiger partial charge on any atom is 0.160 e. The van der Waals surface area contributed by atoms with E-state index in [2.05, 4.69) is 0 Å². The molecule has 2 saturated heterocycles. The molecule has 2 aromatic rings. The van der Waals surface area contributed by atoms with Gasteiger partial charge >= 0.3 is 0 Å². The zero-order valence-corrected chi connectivity index (χ0v) is 14.7. The van der Waals surface area contributed by atoms with Gasteiger partial charge in [0.15, 0.2) is 23.0 Å². The van der Waals surface area contributed by atoms with Crippen LogP contribution in [0.5, 0.6) is 23.0 Å². The Morgan fingerprint density at radius 1 is 0.769 bits per heavy atom. The average Bonchev–Trinajstić information content (AvgIpc) is 3.25. The summed E-state index contributed by atoms with van der Waals surface area (Å²) < 4.78 is 22.6. The second-order valence-corrected chi connectivity index (χ2v) is 6.70. The summed E-state index contributed by atoms with van der Waals surface area (Å²) in [5.74, 6) is 1.54. The molecule has 2 N–H and O–H groups in total. The van der Waals surface area contributed by atoms with Crippen molar-refractivity contribution in [1.29, 1.82) is 0 Å². The molecule has 2 heterocycles. The van der Waals surface area contributed by atoms with Crippen LogP contribution in [0, 0.1) is 11.8 Å². The first-order valence-electron chi connectivity index (χ1n) is 8.59. The predicted molar refractivity (Wildman–Crippen MR) is 93.7 cm³/mol. The van der Waals surface area contributed by atoms with Crippen LogP contribution in [-0.4, -0.2) is 37.6 Å². The Balaban J connectivity index is 1.58. The Kier molecular flexibility index (Phi) is 4.38. The van der Waals surface area contributed by atoms with Crippen LogP contribution < -0.4 is 9.47 Å². The fourth-order valence-corrected chi connectivity index (χ4v) is 3.98. The molecule has 0 radical (unpaired) electrons. The third-order valence-corrected chi connectivity index (χ3v) is 5.33. The highest BCUT2D eigenvalue weighted by Crippen LogP contribution is 2.51. The Labute approximate surface area is 151 Å². The van der Waals surface area contributed by atoms with E-state index in [4.69, 9.17) is 18.9 Å². The summed E-state index contributed by atoms with van der Waals surface area (Å²) in [4.78, 5) is 0. The molecule has 138 valence electrons. The number of hydrogen-bond acceptors (Lipinski definition) is 6. The van der Waals surface area contributed by atoms with Gasteiger partial charge in [-0.25, -0.2) is 0 Å². The fourth-order valence-electron chi connectivity index (χ4n) is 3.98. The molecule has 2 aromatic carbocycles. The predicted octanol–water partition coefficient (Wildman–Crippen LogP) is 3.19. The van der Waals surface area contributed by atoms with Crippen LogP contribution in [0.3, 0.4) is 0 Å². The third kappa shape index (κ3) is 2.75. The number of ether oxygens (including phenoxy) is 4. The molecule has 2 fully saturated rings. The van der Waals surface area contributed by atoms with Gasteiger partial charge < -0.3 is 29.2 Å². The molecule has 2 aliphatic heterocycles. The van der Waals surface area contributed by atoms with Gasteiger partial charge in [0.05, 0.1) is 39.6 Å². The molecular weight excluding hydrogens is 336 g/mol. The molecule has 6 nitrogen and oxygen atoms in total. The summed E-state index contributed by atoms with van der Waals surface area (Å²) in [5.41, 5.74) is 1.94. The molecule has 2 aliphatic rings. The van der Waals surface area contributed by atoms with Crippen molar-refractivity contribution in [1.82, 2.24) is 0 Å². The summed E-state index contributed by atoms with van der Waals surface area (Å²) in [6.07, 6.45) is -0.197. The van der Waals surface area contributed by atoms with Gasteiger partial charge in [0, 0.05) is 11.8 Å². The van der Waals surface area contributed by atoms with Crippen LogP contribution in [0.15, 0.2) is 36.4 Å². The van der Waals surface area contributed by atoms with Crippen molar-refractivity contribution in [2.24, 2.45) is 11.8 Å². The van der Waals surface area contributed by atoms with E-state index in [1.54, 1.807) is 12.1 Å². The normalized spacial score (nSPS) is 27.3. The van der Waals surface area contributed by atoms with Gasteiger partial charge in [-0.05, 0) is 35.4 Å². The first kappa shape index (κ1) is 17.0. The van der Waals surface area contributed by atoms with Gasteiger partial charge in [-0.2, -0.15) is 0 Å². The zero-order chi connectivity index (χ0) is 18.3. The van der Waals surface area contributed by atoms with Crippen molar-refractivity contribution in [3.8, 4) is 23.0 Å². The van der Waals surface area contributed by atoms with E-state index in [9.17, 15) is 10.2 Å². The average molecular weight is 358 g/mol. The van der Waals surface area contributed by atoms with Crippen LogP contribution >= 0.6 is 0 Å². The standard InChI is InChI=1S/C20H22O6/c1-23-17-7-11(3-5-15(17)21)19-13-9-26-20(14(13)10-25-19)12-4-6-16(22)18(8-12)24-2/h3-8,13-14,19-22H,9-10H2,1-2H3/t13-,14-,19+,20?/m0/s1. The monoisotopic (exact) mass is 358 g/mol. The van der Waals surface area contributed by atoms with Crippen LogP contribution in [0.1, 0.15) is 23.3 Å². The van der Waals surface area contributed by atoms with Crippen LogP contribution in [0.4, 0.5) is 0 Å². The van der Waals surface area contributed by atoms with Crippen LogP contribution in [0.25, 0.3) is 0 Å². The van der Waals surface area contributed by atoms with Gasteiger partial charge in [0.2, 0.25) is 0 Å². The lowest BCUT2D eigenvalue weighted by atomic mass is 9.85. The highest BCUT2D eigenvalue weighted by atomic mass is 16.5. The summed E-state index contributed by atoms with van der Waals surface area (Å²) in [5, 5.41) is 19.6. The molecule has 0 spiro atoms. The van der Waals surface area contributed by atoms with Gasteiger partial charge in [0.25, 0.3) is 0 Å². The van der Waals surface area contributed by atoms with Crippen molar-refractivity contribution in [2.75, 3.05) is 27.4 Å². The summed E-state index contributed by atoms with van der Waals surface area (Å²) in [7, 11) is 3.06. The number of hydrogen-bond donors (Lipinski definition) is 2. The second-order valence-electron chi connectivity index (χ2n) is 6.70. The van der Waals surface area contributed by atoms with Crippen LogP contribution in [0.2, 0.25) is 0 Å². The van der Waals surface area contributed by atoms with E-state index in [1.165, 1.54) is 14.2 Å². The molecule has 26 heavy (non-hydrogen) atoms. The quantitative estimate of drug-likeness (QED) is 0.874. The molecule has 0 amide bonds. The van der Waals surface area contributed by atoms with Crippen molar-refractivity contribution in [3.63, 3.8) is 0 Å². The fraction of sp³-hybridized carbons (Fsp3) is 0.400. The van der Waals surface area contributed by atoms with E-state index in [0.29, 0.717) is 24.7 Å². The van der Waals surface area contributed by atoms with Gasteiger partial charge in [-0.3, -0.25) is 0 Å². The number of phenols is 2. The molecule has 0 aromatic heterocycles. The Hall–Kier alpha value is -2.44. The largest absolute Gasteiger partial charge is 0.504 e. The molecule has 1 unspecified atom stereocenters. The first-order chi connectivity index (χ1) is 12.6. The zero-order valence-electron chi connectivity index (χ0n) is 14.7. The minimum absolute atomic E-state index is 0.0986. The van der Waals surface area contributed by atoms with Crippen LogP contribution in [-0.2, 0) is 9.47 Å². The lowest BCUT2D eigenvalue weighted by Gasteiger charge is -2.18. The molecular formula is C20H22O6. The van der Waals surface area contributed by atoms with Crippen molar-refractivity contribution < 1.29 is 29.2 Å². The lowest BCUT2D eigenvalue weighted by molar-refractivity contribution is 0.0191. The van der Waals surface area contributed by atoms with E-state index in [1.807, 2.05) is 24.3 Å². The second kappa shape index (κ2) is 6.70. The third-order valence-electron chi connectivity index (χ3n) is 5.33. The highest BCUT2D eigenvalue weighted by molar-refractivity contribution is 5.44. The lowest BCUT2D eigenvalue weighted by Crippen LogP contribution is -2.14. The number of benzene rings is 2. The number of aromatic hydroxyl groups is 2. The Bertz CT molecular complexity index is 737. The topological polar surface area (TPSA) is 77.4 Å². The summed E-state index contributed by atoms with van der Waals surface area (Å²) in [6, 6.07) is 10.6. The molecule has 0 aliphatic carbocycles. The first-order valence-corrected chi connectivity index (χ1v) is 8.59. The number of methoxy groups -OCH3 is 2. The maximum atomic E-state index is 9.80. The van der Waals surface area contributed by atoms with Gasteiger partial charge in [0.1, 0.15) is 0 Å². The summed E-state index contributed by atoms with van der Waals surface area (Å²) in [6.45, 7) is 1.18. The van der Waals surface area contributed by atoms with E-state index < -0.39 is 0 Å². The van der Waals surface area contributed by atoms with Crippen molar-refractivity contribution in [2.45, 2.75) is 12.2 Å². The minimum Gasteiger partial charge on any atom is -0.504 e. The molecule has 0 saturated carbocycles. The molecule has 4 atom stereocenters. The van der Waals surface area contributed by atoms with Crippen molar-refractivity contribution >= 4 is 0 Å².